The van der Waals surface area contributed by atoms with Gasteiger partial charge in [0.2, 0.25) is 0 Å². The molecule has 0 radical (unpaired) electrons. The Morgan fingerprint density at radius 1 is 1.17 bits per heavy atom. The normalized spacial score (nSPS) is 10.7. The van der Waals surface area contributed by atoms with E-state index in [1.807, 2.05) is 18.7 Å². The van der Waals surface area contributed by atoms with Gasteiger partial charge in [0.1, 0.15) is 5.76 Å². The van der Waals surface area contributed by atoms with Gasteiger partial charge in [-0.2, -0.15) is 0 Å². The molecule has 0 aliphatic rings. The fraction of sp³-hybridized carbons (Fsp3) is 0.667. The molecule has 102 valence electrons. The fourth-order valence-electron chi connectivity index (χ4n) is 2.06. The minimum atomic E-state index is 0.126. The molecule has 3 heteroatoms. The van der Waals surface area contributed by atoms with Crippen LogP contribution >= 0.6 is 0 Å². The lowest BCUT2D eigenvalue weighted by molar-refractivity contribution is 0.0748. The predicted molar refractivity (Wildman–Crippen MR) is 73.9 cm³/mol. The van der Waals surface area contributed by atoms with Gasteiger partial charge in [-0.25, -0.2) is 0 Å². The second kappa shape index (κ2) is 7.24. The Kier molecular flexibility index (Phi) is 5.96. The lowest BCUT2D eigenvalue weighted by Crippen LogP contribution is -2.33. The minimum absolute atomic E-state index is 0.126. The molecule has 1 heterocycles. The molecule has 3 nitrogen and oxygen atoms in total. The van der Waals surface area contributed by atoms with E-state index in [1.165, 1.54) is 0 Å². The first-order chi connectivity index (χ1) is 8.61. The number of amides is 1. The molecular weight excluding hydrogens is 226 g/mol. The van der Waals surface area contributed by atoms with Crippen molar-refractivity contribution >= 4 is 5.91 Å². The zero-order valence-corrected chi connectivity index (χ0v) is 12.1. The molecule has 0 aliphatic carbocycles. The molecule has 1 aromatic heterocycles. The summed E-state index contributed by atoms with van der Waals surface area (Å²) in [5.74, 6) is 0.858. The number of carbonyl (C=O) groups is 1. The first-order valence-electron chi connectivity index (χ1n) is 6.95. The second-order valence-corrected chi connectivity index (χ2v) is 4.85. The van der Waals surface area contributed by atoms with E-state index in [1.54, 1.807) is 6.26 Å². The first kappa shape index (κ1) is 14.8. The van der Waals surface area contributed by atoms with Gasteiger partial charge in [-0.3, -0.25) is 4.79 Å². The first-order valence-corrected chi connectivity index (χ1v) is 6.95. The van der Waals surface area contributed by atoms with Crippen molar-refractivity contribution in [2.45, 2.75) is 53.4 Å². The fourth-order valence-corrected chi connectivity index (χ4v) is 2.06. The van der Waals surface area contributed by atoms with Gasteiger partial charge in [-0.05, 0) is 26.7 Å². The van der Waals surface area contributed by atoms with Gasteiger partial charge >= 0.3 is 0 Å². The monoisotopic (exact) mass is 251 g/mol. The van der Waals surface area contributed by atoms with Gasteiger partial charge in [0.05, 0.1) is 11.8 Å². The zero-order chi connectivity index (χ0) is 13.5. The maximum atomic E-state index is 12.5. The molecule has 0 N–H and O–H groups in total. The topological polar surface area (TPSA) is 33.5 Å². The number of unbranched alkanes of at least 4 members (excludes halogenated alkanes) is 2. The van der Waals surface area contributed by atoms with Gasteiger partial charge < -0.3 is 9.32 Å². The number of aryl methyl sites for hydroxylation is 2. The molecule has 0 aromatic carbocycles. The van der Waals surface area contributed by atoms with E-state index in [0.29, 0.717) is 0 Å². The van der Waals surface area contributed by atoms with Gasteiger partial charge in [0.25, 0.3) is 5.91 Å². The van der Waals surface area contributed by atoms with Crippen LogP contribution in [0.2, 0.25) is 0 Å². The molecule has 0 aliphatic heterocycles. The predicted octanol–water partition coefficient (Wildman–Crippen LogP) is 3.94. The summed E-state index contributed by atoms with van der Waals surface area (Å²) >= 11 is 0. The number of furan rings is 1. The Morgan fingerprint density at radius 3 is 2.11 bits per heavy atom. The van der Waals surface area contributed by atoms with Gasteiger partial charge in [-0.1, -0.05) is 26.7 Å². The average molecular weight is 251 g/mol. The maximum absolute atomic E-state index is 12.5. The van der Waals surface area contributed by atoms with Crippen molar-refractivity contribution in [1.29, 1.82) is 0 Å². The molecule has 1 aromatic rings. The maximum Gasteiger partial charge on any atom is 0.257 e. The minimum Gasteiger partial charge on any atom is -0.469 e. The quantitative estimate of drug-likeness (QED) is 0.735. The summed E-state index contributed by atoms with van der Waals surface area (Å²) in [6.07, 6.45) is 6.01. The molecule has 0 atom stereocenters. The lowest BCUT2D eigenvalue weighted by Gasteiger charge is -2.22. The number of carbonyl (C=O) groups excluding carboxylic acids is 1. The summed E-state index contributed by atoms with van der Waals surface area (Å²) < 4.78 is 5.33. The Morgan fingerprint density at radius 2 is 1.72 bits per heavy atom. The van der Waals surface area contributed by atoms with Crippen LogP contribution in [0.4, 0.5) is 0 Å². The second-order valence-electron chi connectivity index (χ2n) is 4.85. The van der Waals surface area contributed by atoms with Gasteiger partial charge in [0.15, 0.2) is 0 Å². The van der Waals surface area contributed by atoms with Crippen molar-refractivity contribution in [3.8, 4) is 0 Å². The van der Waals surface area contributed by atoms with Crippen LogP contribution in [0.5, 0.6) is 0 Å². The van der Waals surface area contributed by atoms with Crippen molar-refractivity contribution in [2.75, 3.05) is 13.1 Å². The van der Waals surface area contributed by atoms with E-state index in [-0.39, 0.29) is 5.91 Å². The largest absolute Gasteiger partial charge is 0.469 e. The van der Waals surface area contributed by atoms with Crippen LogP contribution in [0.3, 0.4) is 0 Å². The number of rotatable bonds is 7. The summed E-state index contributed by atoms with van der Waals surface area (Å²) in [7, 11) is 0. The van der Waals surface area contributed by atoms with Crippen LogP contribution in [0, 0.1) is 13.8 Å². The van der Waals surface area contributed by atoms with Crippen LogP contribution in [0.15, 0.2) is 10.7 Å². The van der Waals surface area contributed by atoms with Crippen molar-refractivity contribution in [3.63, 3.8) is 0 Å². The molecule has 1 rings (SSSR count). The highest BCUT2D eigenvalue weighted by Gasteiger charge is 2.21. The number of hydrogen-bond acceptors (Lipinski definition) is 2. The summed E-state index contributed by atoms with van der Waals surface area (Å²) in [5.41, 5.74) is 1.69. The molecule has 0 bridgehead atoms. The van der Waals surface area contributed by atoms with Crippen LogP contribution < -0.4 is 0 Å². The van der Waals surface area contributed by atoms with Crippen LogP contribution in [-0.4, -0.2) is 23.9 Å². The molecule has 0 unspecified atom stereocenters. The van der Waals surface area contributed by atoms with Crippen molar-refractivity contribution in [1.82, 2.24) is 4.90 Å². The SMILES string of the molecule is CCCCN(CCCC)C(=O)c1c(C)coc1C. The lowest BCUT2D eigenvalue weighted by atomic mass is 10.1. The standard InChI is InChI=1S/C15H25NO2/c1-5-7-9-16(10-8-6-2)15(17)14-12(3)11-18-13(14)4/h11H,5-10H2,1-4H3. The van der Waals surface area contributed by atoms with E-state index in [0.717, 1.165) is 55.7 Å². The van der Waals surface area contributed by atoms with Crippen molar-refractivity contribution in [3.05, 3.63) is 23.2 Å². The number of hydrogen-bond donors (Lipinski definition) is 0. The van der Waals surface area contributed by atoms with Crippen molar-refractivity contribution < 1.29 is 9.21 Å². The third kappa shape index (κ3) is 3.62. The van der Waals surface area contributed by atoms with Crippen molar-refractivity contribution in [2.24, 2.45) is 0 Å². The summed E-state index contributed by atoms with van der Waals surface area (Å²) in [4.78, 5) is 14.5. The third-order valence-electron chi connectivity index (χ3n) is 3.22. The molecule has 0 saturated heterocycles. The Hall–Kier alpha value is -1.25. The van der Waals surface area contributed by atoms with E-state index in [4.69, 9.17) is 4.42 Å². The highest BCUT2D eigenvalue weighted by atomic mass is 16.3. The van der Waals surface area contributed by atoms with Crippen LogP contribution in [0.1, 0.15) is 61.2 Å². The van der Waals surface area contributed by atoms with Crippen LogP contribution in [0.25, 0.3) is 0 Å². The summed E-state index contributed by atoms with van der Waals surface area (Å²) in [6, 6.07) is 0. The highest BCUT2D eigenvalue weighted by Crippen LogP contribution is 2.18. The van der Waals surface area contributed by atoms with Crippen LogP contribution in [-0.2, 0) is 0 Å². The summed E-state index contributed by atoms with van der Waals surface area (Å²) in [6.45, 7) is 9.78. The van der Waals surface area contributed by atoms with E-state index >= 15 is 0 Å². The van der Waals surface area contributed by atoms with Gasteiger partial charge in [0, 0.05) is 18.7 Å². The number of nitrogens with zero attached hydrogens (tertiary/aromatic N) is 1. The molecule has 1 amide bonds. The Labute approximate surface area is 110 Å². The Bertz CT molecular complexity index is 354. The molecule has 0 saturated carbocycles. The highest BCUT2D eigenvalue weighted by molar-refractivity contribution is 5.96. The summed E-state index contributed by atoms with van der Waals surface area (Å²) in [5, 5.41) is 0. The molecular formula is C15H25NO2. The zero-order valence-electron chi connectivity index (χ0n) is 12.1. The third-order valence-corrected chi connectivity index (χ3v) is 3.22. The Balaban J connectivity index is 2.80. The smallest absolute Gasteiger partial charge is 0.257 e. The van der Waals surface area contributed by atoms with E-state index in [2.05, 4.69) is 13.8 Å². The molecule has 18 heavy (non-hydrogen) atoms. The molecule has 0 spiro atoms. The van der Waals surface area contributed by atoms with E-state index < -0.39 is 0 Å². The molecule has 0 fully saturated rings. The average Bonchev–Trinajstić information content (AvgIpc) is 2.68. The van der Waals surface area contributed by atoms with Gasteiger partial charge in [-0.15, -0.1) is 0 Å². The van der Waals surface area contributed by atoms with E-state index in [9.17, 15) is 4.79 Å².